The molecule has 0 saturated carbocycles. The summed E-state index contributed by atoms with van der Waals surface area (Å²) in [6, 6.07) is 15.0. The van der Waals surface area contributed by atoms with E-state index in [1.165, 1.54) is 0 Å². The van der Waals surface area contributed by atoms with Crippen LogP contribution in [-0.2, 0) is 9.47 Å². The summed E-state index contributed by atoms with van der Waals surface area (Å²) in [5.41, 5.74) is 4.17. The molecule has 1 aromatic carbocycles. The molecule has 0 spiro atoms. The number of carbonyl (C=O) groups excluding carboxylic acids is 2. The Bertz CT molecular complexity index is 1570. The highest BCUT2D eigenvalue weighted by Crippen LogP contribution is 2.22. The van der Waals surface area contributed by atoms with Crippen molar-refractivity contribution in [3.8, 4) is 23.0 Å². The van der Waals surface area contributed by atoms with E-state index >= 15 is 0 Å². The van der Waals surface area contributed by atoms with E-state index in [4.69, 9.17) is 9.47 Å². The number of hydrogen-bond acceptors (Lipinski definition) is 6. The monoisotopic (exact) mass is 523 g/mol. The van der Waals surface area contributed by atoms with Crippen LogP contribution in [0.1, 0.15) is 42.4 Å². The van der Waals surface area contributed by atoms with Gasteiger partial charge in [0.05, 0.1) is 19.4 Å². The van der Waals surface area contributed by atoms with E-state index in [1.807, 2.05) is 51.9 Å². The third-order valence-electron chi connectivity index (χ3n) is 5.99. The zero-order valence-corrected chi connectivity index (χ0v) is 22.1. The average Bonchev–Trinajstić information content (AvgIpc) is 3.33. The van der Waals surface area contributed by atoms with Crippen molar-refractivity contribution in [1.82, 2.24) is 19.3 Å². The molecular weight excluding hydrogens is 494 g/mol. The van der Waals surface area contributed by atoms with E-state index in [0.29, 0.717) is 48.9 Å². The third kappa shape index (κ3) is 6.43. The summed E-state index contributed by atoms with van der Waals surface area (Å²) in [6.45, 7) is 7.77. The number of fused-ring (bicyclic) bond motifs is 1. The number of benzene rings is 1. The van der Waals surface area contributed by atoms with Gasteiger partial charge in [-0.1, -0.05) is 18.1 Å². The van der Waals surface area contributed by atoms with Crippen LogP contribution in [0.4, 0.5) is 10.6 Å². The SMILES string of the molecule is CC(C)(C)OC(=O)Nc1cc(C#Cc2cnc3ccc(-c4ccc(C(=O)N5CCOCC5)cc4)cn23)ccn1. The summed E-state index contributed by atoms with van der Waals surface area (Å²) in [7, 11) is 0. The van der Waals surface area contributed by atoms with E-state index in [9.17, 15) is 9.59 Å². The van der Waals surface area contributed by atoms with Gasteiger partial charge in [-0.2, -0.15) is 0 Å². The number of nitrogens with zero attached hydrogens (tertiary/aromatic N) is 4. The molecule has 0 unspecified atom stereocenters. The number of nitrogens with one attached hydrogen (secondary N) is 1. The number of aromatic nitrogens is 3. The first kappa shape index (κ1) is 25.9. The average molecular weight is 524 g/mol. The number of hydrogen-bond donors (Lipinski definition) is 1. The Morgan fingerprint density at radius 1 is 0.974 bits per heavy atom. The molecule has 198 valence electrons. The molecule has 2 amide bonds. The van der Waals surface area contributed by atoms with Gasteiger partial charge in [-0.25, -0.2) is 14.8 Å². The van der Waals surface area contributed by atoms with Gasteiger partial charge in [0.2, 0.25) is 0 Å². The lowest BCUT2D eigenvalue weighted by Gasteiger charge is -2.26. The first-order valence-electron chi connectivity index (χ1n) is 12.7. The lowest BCUT2D eigenvalue weighted by molar-refractivity contribution is 0.0303. The molecule has 1 fully saturated rings. The Morgan fingerprint density at radius 3 is 2.46 bits per heavy atom. The van der Waals surface area contributed by atoms with Crippen molar-refractivity contribution < 1.29 is 19.1 Å². The van der Waals surface area contributed by atoms with Gasteiger partial charge < -0.3 is 14.4 Å². The summed E-state index contributed by atoms with van der Waals surface area (Å²) in [6.07, 6.45) is 4.70. The number of imidazole rings is 1. The van der Waals surface area contributed by atoms with Crippen LogP contribution in [0.3, 0.4) is 0 Å². The lowest BCUT2D eigenvalue weighted by Crippen LogP contribution is -2.40. The second-order valence-corrected chi connectivity index (χ2v) is 10.1. The third-order valence-corrected chi connectivity index (χ3v) is 5.99. The van der Waals surface area contributed by atoms with Gasteiger partial charge in [0.1, 0.15) is 22.8 Å². The zero-order chi connectivity index (χ0) is 27.4. The quantitative estimate of drug-likeness (QED) is 0.394. The Hall–Kier alpha value is -4.68. The minimum absolute atomic E-state index is 0.0213. The van der Waals surface area contributed by atoms with Gasteiger partial charge in [0.15, 0.2) is 0 Å². The molecule has 4 heterocycles. The second-order valence-electron chi connectivity index (χ2n) is 10.1. The number of amides is 2. The maximum atomic E-state index is 12.8. The lowest BCUT2D eigenvalue weighted by atomic mass is 10.0. The van der Waals surface area contributed by atoms with Crippen molar-refractivity contribution in [2.75, 3.05) is 31.6 Å². The highest BCUT2D eigenvalue weighted by Gasteiger charge is 2.19. The Morgan fingerprint density at radius 2 is 1.72 bits per heavy atom. The molecular formula is C30H29N5O4. The molecule has 5 rings (SSSR count). The Labute approximate surface area is 226 Å². The maximum absolute atomic E-state index is 12.8. The van der Waals surface area contributed by atoms with Crippen LogP contribution >= 0.6 is 0 Å². The van der Waals surface area contributed by atoms with Crippen molar-refractivity contribution in [2.45, 2.75) is 26.4 Å². The van der Waals surface area contributed by atoms with Crippen LogP contribution in [0.2, 0.25) is 0 Å². The molecule has 9 heteroatoms. The largest absolute Gasteiger partial charge is 0.444 e. The highest BCUT2D eigenvalue weighted by atomic mass is 16.6. The molecule has 39 heavy (non-hydrogen) atoms. The number of pyridine rings is 2. The summed E-state index contributed by atoms with van der Waals surface area (Å²) in [5.74, 6) is 6.65. The molecule has 4 aromatic rings. The summed E-state index contributed by atoms with van der Waals surface area (Å²) in [4.78, 5) is 35.3. The molecule has 1 aliphatic heterocycles. The fraction of sp³-hybridized carbons (Fsp3) is 0.267. The van der Waals surface area contributed by atoms with Crippen molar-refractivity contribution in [1.29, 1.82) is 0 Å². The van der Waals surface area contributed by atoms with Crippen molar-refractivity contribution in [3.05, 3.63) is 83.9 Å². The molecule has 0 aliphatic carbocycles. The molecule has 0 bridgehead atoms. The minimum atomic E-state index is -0.605. The maximum Gasteiger partial charge on any atom is 0.413 e. The van der Waals surface area contributed by atoms with Crippen LogP contribution in [0.5, 0.6) is 0 Å². The van der Waals surface area contributed by atoms with Gasteiger partial charge >= 0.3 is 6.09 Å². The molecule has 3 aromatic heterocycles. The van der Waals surface area contributed by atoms with Gasteiger partial charge in [-0.15, -0.1) is 0 Å². The second kappa shape index (κ2) is 11.0. The summed E-state index contributed by atoms with van der Waals surface area (Å²) < 4.78 is 12.6. The van der Waals surface area contributed by atoms with Gasteiger partial charge in [-0.05, 0) is 74.2 Å². The van der Waals surface area contributed by atoms with E-state index in [-0.39, 0.29) is 5.91 Å². The van der Waals surface area contributed by atoms with Crippen LogP contribution in [0, 0.1) is 11.8 Å². The fourth-order valence-corrected chi connectivity index (χ4v) is 4.12. The summed E-state index contributed by atoms with van der Waals surface area (Å²) in [5, 5.41) is 2.63. The number of anilines is 1. The Balaban J connectivity index is 1.33. The van der Waals surface area contributed by atoms with E-state index in [0.717, 1.165) is 16.8 Å². The first-order chi connectivity index (χ1) is 18.7. The Kier molecular flexibility index (Phi) is 7.30. The van der Waals surface area contributed by atoms with Gasteiger partial charge in [0, 0.05) is 36.6 Å². The number of morpholine rings is 1. The van der Waals surface area contributed by atoms with Crippen molar-refractivity contribution in [2.24, 2.45) is 0 Å². The number of ether oxygens (including phenoxy) is 2. The summed E-state index contributed by atoms with van der Waals surface area (Å²) >= 11 is 0. The van der Waals surface area contributed by atoms with E-state index < -0.39 is 11.7 Å². The molecule has 0 radical (unpaired) electrons. The van der Waals surface area contributed by atoms with Crippen LogP contribution in [0.15, 0.2) is 67.1 Å². The first-order valence-corrected chi connectivity index (χ1v) is 12.7. The zero-order valence-electron chi connectivity index (χ0n) is 22.1. The van der Waals surface area contributed by atoms with E-state index in [2.05, 4.69) is 27.1 Å². The smallest absolute Gasteiger partial charge is 0.413 e. The normalized spacial score (nSPS) is 13.5. The fourth-order valence-electron chi connectivity index (χ4n) is 4.12. The molecule has 1 N–H and O–H groups in total. The van der Waals surface area contributed by atoms with Crippen molar-refractivity contribution >= 4 is 23.5 Å². The molecule has 9 nitrogen and oxygen atoms in total. The van der Waals surface area contributed by atoms with Crippen molar-refractivity contribution in [3.63, 3.8) is 0 Å². The van der Waals surface area contributed by atoms with Crippen LogP contribution in [-0.4, -0.2) is 63.2 Å². The minimum Gasteiger partial charge on any atom is -0.444 e. The molecule has 1 saturated heterocycles. The number of carbonyl (C=O) groups is 2. The number of rotatable bonds is 3. The molecule has 0 atom stereocenters. The van der Waals surface area contributed by atoms with Crippen LogP contribution < -0.4 is 5.32 Å². The molecule has 1 aliphatic rings. The topological polar surface area (TPSA) is 98.1 Å². The van der Waals surface area contributed by atoms with E-state index in [1.54, 1.807) is 45.3 Å². The predicted octanol–water partition coefficient (Wildman–Crippen LogP) is 4.62. The predicted molar refractivity (Wildman–Crippen MR) is 147 cm³/mol. The van der Waals surface area contributed by atoms with Gasteiger partial charge in [0.25, 0.3) is 5.91 Å². The standard InChI is InChI=1S/C30H29N5O4/c1-30(2,3)39-29(37)33-26-18-21(12-13-31-26)4-10-25-19-32-27-11-9-24(20-35(25)27)22-5-7-23(8-6-22)28(36)34-14-16-38-17-15-34/h5-9,11-13,18-20H,14-17H2,1-3H3,(H,31,33,37). The highest BCUT2D eigenvalue weighted by molar-refractivity contribution is 5.94. The van der Waals surface area contributed by atoms with Gasteiger partial charge in [-0.3, -0.25) is 14.5 Å². The van der Waals surface area contributed by atoms with Crippen LogP contribution in [0.25, 0.3) is 16.8 Å².